The molecule has 6 nitrogen and oxygen atoms in total. The number of aromatic nitrogens is 3. The highest BCUT2D eigenvalue weighted by Gasteiger charge is 2.34. The van der Waals surface area contributed by atoms with Gasteiger partial charge in [-0.2, -0.15) is 18.2 Å². The lowest BCUT2D eigenvalue weighted by atomic mass is 10.1. The molecule has 23 heavy (non-hydrogen) atoms. The van der Waals surface area contributed by atoms with Crippen LogP contribution in [-0.4, -0.2) is 29.2 Å². The van der Waals surface area contributed by atoms with Gasteiger partial charge < -0.3 is 14.7 Å². The minimum atomic E-state index is -4.55. The molecule has 0 spiro atoms. The van der Waals surface area contributed by atoms with Crippen LogP contribution in [0.3, 0.4) is 0 Å². The van der Waals surface area contributed by atoms with Crippen molar-refractivity contribution in [3.63, 3.8) is 0 Å². The Labute approximate surface area is 131 Å². The zero-order valence-electron chi connectivity index (χ0n) is 13.5. The van der Waals surface area contributed by atoms with Gasteiger partial charge in [0.1, 0.15) is 11.6 Å². The van der Waals surface area contributed by atoms with Crippen LogP contribution in [-0.2, 0) is 6.18 Å². The monoisotopic (exact) mass is 329 g/mol. The second-order valence-electron chi connectivity index (χ2n) is 5.43. The molecule has 0 aliphatic rings. The van der Waals surface area contributed by atoms with Crippen LogP contribution in [0, 0.1) is 13.8 Å². The van der Waals surface area contributed by atoms with Crippen molar-refractivity contribution in [2.75, 3.05) is 24.3 Å². The summed E-state index contributed by atoms with van der Waals surface area (Å²) in [6.07, 6.45) is -4.55. The minimum absolute atomic E-state index is 0.101. The van der Waals surface area contributed by atoms with E-state index >= 15 is 0 Å². The van der Waals surface area contributed by atoms with Crippen LogP contribution in [0.2, 0.25) is 0 Å². The molecule has 1 atom stereocenters. The zero-order chi connectivity index (χ0) is 17.4. The van der Waals surface area contributed by atoms with Gasteiger partial charge in [0.25, 0.3) is 0 Å². The molecule has 2 aromatic rings. The maximum Gasteiger partial charge on any atom is 0.433 e. The van der Waals surface area contributed by atoms with E-state index in [9.17, 15) is 13.2 Å². The highest BCUT2D eigenvalue weighted by atomic mass is 19.4. The van der Waals surface area contributed by atoms with Crippen molar-refractivity contribution >= 4 is 11.8 Å². The summed E-state index contributed by atoms with van der Waals surface area (Å²) in [6, 6.07) is 0.561. The largest absolute Gasteiger partial charge is 0.433 e. The summed E-state index contributed by atoms with van der Waals surface area (Å²) in [7, 11) is 3.23. The Morgan fingerprint density at radius 2 is 1.87 bits per heavy atom. The van der Waals surface area contributed by atoms with E-state index in [4.69, 9.17) is 4.52 Å². The highest BCUT2D eigenvalue weighted by Crippen LogP contribution is 2.31. The molecule has 1 N–H and O–H groups in total. The van der Waals surface area contributed by atoms with Crippen LogP contribution in [0.4, 0.5) is 24.9 Å². The van der Waals surface area contributed by atoms with Gasteiger partial charge in [0.2, 0.25) is 5.95 Å². The molecule has 0 radical (unpaired) electrons. The van der Waals surface area contributed by atoms with E-state index in [-0.39, 0.29) is 17.8 Å². The van der Waals surface area contributed by atoms with E-state index in [2.05, 4.69) is 20.4 Å². The molecule has 126 valence electrons. The Kier molecular flexibility index (Phi) is 4.49. The number of hydrogen-bond donors (Lipinski definition) is 1. The number of halogens is 3. The third-order valence-corrected chi connectivity index (χ3v) is 3.33. The topological polar surface area (TPSA) is 67.1 Å². The van der Waals surface area contributed by atoms with E-state index in [1.165, 1.54) is 4.90 Å². The SMILES string of the molecule is Cc1noc(C)c1C(C)Nc1nc(N(C)C)cc(C(F)(F)F)n1. The molecule has 2 aromatic heterocycles. The van der Waals surface area contributed by atoms with Crippen molar-refractivity contribution in [3.05, 3.63) is 28.8 Å². The second kappa shape index (κ2) is 6.05. The van der Waals surface area contributed by atoms with Crippen molar-refractivity contribution in [2.24, 2.45) is 0 Å². The fraction of sp³-hybridized carbons (Fsp3) is 0.500. The number of hydrogen-bond acceptors (Lipinski definition) is 6. The van der Waals surface area contributed by atoms with Crippen molar-refractivity contribution in [1.29, 1.82) is 0 Å². The van der Waals surface area contributed by atoms with Crippen LogP contribution in [0.5, 0.6) is 0 Å². The molecule has 1 unspecified atom stereocenters. The number of anilines is 2. The molecular formula is C14H18F3N5O. The predicted molar refractivity (Wildman–Crippen MR) is 79.4 cm³/mol. The molecule has 2 heterocycles. The number of nitrogens with zero attached hydrogens (tertiary/aromatic N) is 4. The summed E-state index contributed by atoms with van der Waals surface area (Å²) in [4.78, 5) is 9.17. The summed E-state index contributed by atoms with van der Waals surface area (Å²) < 4.78 is 44.0. The van der Waals surface area contributed by atoms with E-state index in [1.807, 2.05) is 0 Å². The highest BCUT2D eigenvalue weighted by molar-refractivity contribution is 5.45. The lowest BCUT2D eigenvalue weighted by molar-refractivity contribution is -0.141. The molecular weight excluding hydrogens is 311 g/mol. The summed E-state index contributed by atoms with van der Waals surface area (Å²) in [5.74, 6) is 0.666. The fourth-order valence-electron chi connectivity index (χ4n) is 2.25. The first-order valence-electron chi connectivity index (χ1n) is 6.92. The minimum Gasteiger partial charge on any atom is -0.363 e. The number of alkyl halides is 3. The lowest BCUT2D eigenvalue weighted by Crippen LogP contribution is -2.18. The smallest absolute Gasteiger partial charge is 0.363 e. The van der Waals surface area contributed by atoms with E-state index < -0.39 is 11.9 Å². The molecule has 0 amide bonds. The number of nitrogens with one attached hydrogen (secondary N) is 1. The molecule has 0 aromatic carbocycles. The maximum absolute atomic E-state index is 13.0. The average molecular weight is 329 g/mol. The lowest BCUT2D eigenvalue weighted by Gasteiger charge is -2.18. The molecule has 9 heteroatoms. The molecule has 0 saturated carbocycles. The molecule has 0 aliphatic carbocycles. The summed E-state index contributed by atoms with van der Waals surface area (Å²) >= 11 is 0. The Morgan fingerprint density at radius 1 is 1.22 bits per heavy atom. The van der Waals surface area contributed by atoms with Gasteiger partial charge in [-0.05, 0) is 20.8 Å². The molecule has 0 fully saturated rings. The van der Waals surface area contributed by atoms with Crippen molar-refractivity contribution in [2.45, 2.75) is 33.0 Å². The molecule has 0 saturated heterocycles. The van der Waals surface area contributed by atoms with Crippen molar-refractivity contribution in [3.8, 4) is 0 Å². The van der Waals surface area contributed by atoms with Crippen LogP contribution in [0.15, 0.2) is 10.6 Å². The van der Waals surface area contributed by atoms with Gasteiger partial charge in [-0.1, -0.05) is 5.16 Å². The fourth-order valence-corrected chi connectivity index (χ4v) is 2.25. The van der Waals surface area contributed by atoms with Crippen LogP contribution >= 0.6 is 0 Å². The van der Waals surface area contributed by atoms with Crippen molar-refractivity contribution < 1.29 is 17.7 Å². The Balaban J connectivity index is 2.37. The van der Waals surface area contributed by atoms with Crippen LogP contribution in [0.1, 0.15) is 35.7 Å². The maximum atomic E-state index is 13.0. The molecule has 2 rings (SSSR count). The van der Waals surface area contributed by atoms with Crippen LogP contribution in [0.25, 0.3) is 0 Å². The summed E-state index contributed by atoms with van der Waals surface area (Å²) in [6.45, 7) is 5.29. The van der Waals surface area contributed by atoms with Gasteiger partial charge in [0.05, 0.1) is 11.7 Å². The Hall–Kier alpha value is -2.32. The first kappa shape index (κ1) is 17.0. The first-order chi connectivity index (χ1) is 10.6. The van der Waals surface area contributed by atoms with Gasteiger partial charge in [-0.15, -0.1) is 0 Å². The number of aryl methyl sites for hydroxylation is 2. The average Bonchev–Trinajstić information content (AvgIpc) is 2.76. The predicted octanol–water partition coefficient (Wildman–Crippen LogP) is 3.34. The Bertz CT molecular complexity index is 677. The quantitative estimate of drug-likeness (QED) is 0.928. The third kappa shape index (κ3) is 3.72. The number of rotatable bonds is 4. The second-order valence-corrected chi connectivity index (χ2v) is 5.43. The van der Waals surface area contributed by atoms with Gasteiger partial charge in [0.15, 0.2) is 5.69 Å². The standard InChI is InChI=1S/C14H18F3N5O/c1-7(12-8(2)21-23-9(12)3)18-13-19-10(14(15,16)17)6-11(20-13)22(4)5/h6-7H,1-5H3,(H,18,19,20). The summed E-state index contributed by atoms with van der Waals surface area (Å²) in [5, 5.41) is 6.72. The molecule has 0 bridgehead atoms. The van der Waals surface area contributed by atoms with E-state index in [1.54, 1.807) is 34.9 Å². The first-order valence-corrected chi connectivity index (χ1v) is 6.92. The van der Waals surface area contributed by atoms with Gasteiger partial charge >= 0.3 is 6.18 Å². The van der Waals surface area contributed by atoms with Gasteiger partial charge in [0, 0.05) is 25.7 Å². The van der Waals surface area contributed by atoms with E-state index in [0.29, 0.717) is 11.5 Å². The zero-order valence-corrected chi connectivity index (χ0v) is 13.5. The van der Waals surface area contributed by atoms with Crippen LogP contribution < -0.4 is 10.2 Å². The van der Waals surface area contributed by atoms with E-state index in [0.717, 1.165) is 11.6 Å². The van der Waals surface area contributed by atoms with Gasteiger partial charge in [-0.25, -0.2) is 4.98 Å². The third-order valence-electron chi connectivity index (χ3n) is 3.33. The van der Waals surface area contributed by atoms with Crippen molar-refractivity contribution in [1.82, 2.24) is 15.1 Å². The molecule has 0 aliphatic heterocycles. The summed E-state index contributed by atoms with van der Waals surface area (Å²) in [5.41, 5.74) is 0.449. The Morgan fingerprint density at radius 3 is 2.35 bits per heavy atom. The normalized spacial score (nSPS) is 13.0. The van der Waals surface area contributed by atoms with Gasteiger partial charge in [-0.3, -0.25) is 0 Å².